The Morgan fingerprint density at radius 2 is 1.35 bits per heavy atom. The number of halogens is 1. The maximum absolute atomic E-state index is 11.3. The van der Waals surface area contributed by atoms with Crippen molar-refractivity contribution in [2.45, 2.75) is 18.8 Å². The second-order valence-corrected chi connectivity index (χ2v) is 7.15. The predicted molar refractivity (Wildman–Crippen MR) is 94.0 cm³/mol. The number of esters is 1. The Labute approximate surface area is 145 Å². The first kappa shape index (κ1) is 14.9. The van der Waals surface area contributed by atoms with Crippen LogP contribution in [0.15, 0.2) is 48.5 Å². The molecule has 2 nitrogen and oxygen atoms in total. The summed E-state index contributed by atoms with van der Waals surface area (Å²) in [5.41, 5.74) is 5.70. The van der Waals surface area contributed by atoms with E-state index >= 15 is 0 Å². The van der Waals surface area contributed by atoms with Crippen molar-refractivity contribution in [2.24, 2.45) is 11.8 Å². The third-order valence-electron chi connectivity index (χ3n) is 5.40. The minimum atomic E-state index is -0.193. The summed E-state index contributed by atoms with van der Waals surface area (Å²) in [6, 6.07) is 17.5. The molecule has 0 aromatic heterocycles. The minimum Gasteiger partial charge on any atom is -0.466 e. The van der Waals surface area contributed by atoms with Crippen molar-refractivity contribution < 1.29 is 9.53 Å². The van der Waals surface area contributed by atoms with Crippen molar-refractivity contribution >= 4 is 21.9 Å². The molecule has 2 unspecified atom stereocenters. The molecule has 23 heavy (non-hydrogen) atoms. The van der Waals surface area contributed by atoms with Gasteiger partial charge in [0, 0.05) is 30.0 Å². The zero-order valence-electron chi connectivity index (χ0n) is 13.0. The molecule has 0 heterocycles. The molecule has 0 aliphatic heterocycles. The Morgan fingerprint density at radius 3 is 1.74 bits per heavy atom. The van der Waals surface area contributed by atoms with E-state index in [0.29, 0.717) is 30.3 Å². The average Bonchev–Trinajstić information content (AvgIpc) is 2.59. The van der Waals surface area contributed by atoms with E-state index in [1.54, 1.807) is 0 Å². The molecular formula is C20H19BrO2. The molecule has 2 aromatic carbocycles. The highest BCUT2D eigenvalue weighted by Gasteiger charge is 2.49. The summed E-state index contributed by atoms with van der Waals surface area (Å²) < 4.78 is 5.44. The molecule has 0 fully saturated rings. The number of rotatable bonds is 3. The van der Waals surface area contributed by atoms with E-state index in [9.17, 15) is 4.79 Å². The number of carbonyl (C=O) groups is 1. The van der Waals surface area contributed by atoms with Crippen molar-refractivity contribution in [1.29, 1.82) is 0 Å². The van der Waals surface area contributed by atoms with Gasteiger partial charge in [-0.25, -0.2) is 0 Å². The van der Waals surface area contributed by atoms with Gasteiger partial charge < -0.3 is 4.74 Å². The second kappa shape index (κ2) is 5.79. The predicted octanol–water partition coefficient (Wildman–Crippen LogP) is 4.47. The summed E-state index contributed by atoms with van der Waals surface area (Å²) in [5.74, 6) is 1.28. The van der Waals surface area contributed by atoms with Crippen LogP contribution in [0.4, 0.5) is 0 Å². The highest BCUT2D eigenvalue weighted by molar-refractivity contribution is 9.09. The lowest BCUT2D eigenvalue weighted by Gasteiger charge is -2.50. The molecule has 0 radical (unpaired) electrons. The number of hydrogen-bond acceptors (Lipinski definition) is 2. The summed E-state index contributed by atoms with van der Waals surface area (Å²) in [4.78, 5) is 11.3. The Bertz CT molecular complexity index is 707. The third kappa shape index (κ3) is 2.25. The highest BCUT2D eigenvalue weighted by Crippen LogP contribution is 2.58. The van der Waals surface area contributed by atoms with Gasteiger partial charge in [-0.15, -0.1) is 0 Å². The van der Waals surface area contributed by atoms with Gasteiger partial charge in [-0.05, 0) is 28.2 Å². The first-order chi connectivity index (χ1) is 11.2. The zero-order chi connectivity index (χ0) is 16.0. The van der Waals surface area contributed by atoms with Gasteiger partial charge in [0.25, 0.3) is 0 Å². The molecule has 118 valence electrons. The van der Waals surface area contributed by atoms with Gasteiger partial charge in [-0.3, -0.25) is 4.79 Å². The fourth-order valence-corrected chi connectivity index (χ4v) is 5.40. The van der Waals surface area contributed by atoms with Gasteiger partial charge in [-0.1, -0.05) is 64.5 Å². The Hall–Kier alpha value is -1.61. The van der Waals surface area contributed by atoms with Crippen LogP contribution in [0.3, 0.4) is 0 Å². The summed E-state index contributed by atoms with van der Waals surface area (Å²) in [6.07, 6.45) is 0. The maximum atomic E-state index is 11.3. The molecule has 3 aliphatic rings. The Balaban J connectivity index is 1.87. The molecular weight excluding hydrogens is 352 g/mol. The molecule has 3 heteroatoms. The number of alkyl halides is 1. The summed E-state index contributed by atoms with van der Waals surface area (Å²) >= 11 is 3.72. The fourth-order valence-electron chi connectivity index (χ4n) is 4.54. The lowest BCUT2D eigenvalue weighted by molar-refractivity contribution is -0.143. The van der Waals surface area contributed by atoms with Crippen LogP contribution < -0.4 is 0 Å². The van der Waals surface area contributed by atoms with Gasteiger partial charge in [0.05, 0.1) is 6.61 Å². The number of ether oxygens (including phenoxy) is 1. The van der Waals surface area contributed by atoms with Crippen LogP contribution in [-0.4, -0.2) is 17.9 Å². The normalized spacial score (nSPS) is 27.2. The van der Waals surface area contributed by atoms with Crippen molar-refractivity contribution in [3.8, 4) is 0 Å². The van der Waals surface area contributed by atoms with Gasteiger partial charge in [0.2, 0.25) is 0 Å². The third-order valence-corrected chi connectivity index (χ3v) is 6.14. The average molecular weight is 371 g/mol. The first-order valence-corrected chi connectivity index (χ1v) is 9.21. The van der Waals surface area contributed by atoms with E-state index in [0.717, 1.165) is 5.33 Å². The van der Waals surface area contributed by atoms with Crippen LogP contribution in [0.5, 0.6) is 0 Å². The molecule has 2 atom stereocenters. The maximum Gasteiger partial charge on any atom is 0.302 e. The fraction of sp³-hybridized carbons (Fsp3) is 0.350. The van der Waals surface area contributed by atoms with E-state index in [1.807, 2.05) is 0 Å². The standard InChI is InChI=1S/C20H19BrO2/c1-12(22)23-11-18-17(10-21)19-13-6-2-4-8-15(13)20(18)16-9-5-3-7-14(16)19/h2-9,17-20H,10-11H2,1H3. The van der Waals surface area contributed by atoms with Crippen molar-refractivity contribution in [2.75, 3.05) is 11.9 Å². The van der Waals surface area contributed by atoms with Crippen LogP contribution in [-0.2, 0) is 9.53 Å². The van der Waals surface area contributed by atoms with E-state index in [2.05, 4.69) is 64.5 Å². The molecule has 0 amide bonds. The SMILES string of the molecule is CC(=O)OCC1C2c3ccccc3C(c3ccccc32)C1CBr. The second-order valence-electron chi connectivity index (χ2n) is 6.50. The van der Waals surface area contributed by atoms with Crippen molar-refractivity contribution in [3.63, 3.8) is 0 Å². The van der Waals surface area contributed by atoms with E-state index in [1.165, 1.54) is 29.2 Å². The van der Waals surface area contributed by atoms with Crippen LogP contribution in [0.25, 0.3) is 0 Å². The monoisotopic (exact) mass is 370 g/mol. The van der Waals surface area contributed by atoms with E-state index in [4.69, 9.17) is 4.74 Å². The molecule has 2 aromatic rings. The van der Waals surface area contributed by atoms with E-state index in [-0.39, 0.29) is 5.97 Å². The molecule has 2 bridgehead atoms. The topological polar surface area (TPSA) is 26.3 Å². The van der Waals surface area contributed by atoms with Crippen molar-refractivity contribution in [3.05, 3.63) is 70.8 Å². The molecule has 5 rings (SSSR count). The molecule has 0 spiro atoms. The van der Waals surface area contributed by atoms with Crippen molar-refractivity contribution in [1.82, 2.24) is 0 Å². The van der Waals surface area contributed by atoms with E-state index < -0.39 is 0 Å². The molecule has 0 saturated heterocycles. The van der Waals surface area contributed by atoms with Crippen LogP contribution in [0.1, 0.15) is 41.0 Å². The van der Waals surface area contributed by atoms with Gasteiger partial charge in [-0.2, -0.15) is 0 Å². The van der Waals surface area contributed by atoms with Crippen LogP contribution in [0.2, 0.25) is 0 Å². The molecule has 0 saturated carbocycles. The first-order valence-electron chi connectivity index (χ1n) is 8.09. The quantitative estimate of drug-likeness (QED) is 0.588. The van der Waals surface area contributed by atoms with Crippen LogP contribution >= 0.6 is 15.9 Å². The highest BCUT2D eigenvalue weighted by atomic mass is 79.9. The van der Waals surface area contributed by atoms with Gasteiger partial charge in [0.15, 0.2) is 0 Å². The zero-order valence-corrected chi connectivity index (χ0v) is 14.6. The van der Waals surface area contributed by atoms with Gasteiger partial charge >= 0.3 is 5.97 Å². The van der Waals surface area contributed by atoms with Crippen LogP contribution in [0, 0.1) is 11.8 Å². The summed E-state index contributed by atoms with van der Waals surface area (Å²) in [7, 11) is 0. The lowest BCUT2D eigenvalue weighted by Crippen LogP contribution is -2.43. The number of carbonyl (C=O) groups excluding carboxylic acids is 1. The minimum absolute atomic E-state index is 0.193. The lowest BCUT2D eigenvalue weighted by atomic mass is 9.55. The summed E-state index contributed by atoms with van der Waals surface area (Å²) in [6.45, 7) is 1.99. The number of hydrogen-bond donors (Lipinski definition) is 0. The Kier molecular flexibility index (Phi) is 3.76. The largest absolute Gasteiger partial charge is 0.466 e. The number of fused-ring (bicyclic) bond motifs is 1. The summed E-state index contributed by atoms with van der Waals surface area (Å²) in [5, 5.41) is 0.919. The number of benzene rings is 2. The smallest absolute Gasteiger partial charge is 0.302 e. The molecule has 3 aliphatic carbocycles. The molecule has 0 N–H and O–H groups in total. The Morgan fingerprint density at radius 1 is 0.913 bits per heavy atom. The van der Waals surface area contributed by atoms with Gasteiger partial charge in [0.1, 0.15) is 0 Å².